The fourth-order valence-corrected chi connectivity index (χ4v) is 2.19. The maximum Gasteiger partial charge on any atom is 0.308 e. The van der Waals surface area contributed by atoms with Gasteiger partial charge in [-0.2, -0.15) is 0 Å². The lowest BCUT2D eigenvalue weighted by Gasteiger charge is -2.15. The molecule has 0 saturated carbocycles. The SMILES string of the molecule is CSc1ccccc1NC(=O)[C@@H](C)OC(=O)CCNC(C)=O. The van der Waals surface area contributed by atoms with Gasteiger partial charge < -0.3 is 15.4 Å². The number of thioether (sulfide) groups is 1. The molecular weight excluding hydrogens is 304 g/mol. The van der Waals surface area contributed by atoms with Crippen LogP contribution in [0.3, 0.4) is 0 Å². The molecule has 2 amide bonds. The Balaban J connectivity index is 2.48. The van der Waals surface area contributed by atoms with Crippen molar-refractivity contribution < 1.29 is 19.1 Å². The Morgan fingerprint density at radius 2 is 1.95 bits per heavy atom. The fourth-order valence-electron chi connectivity index (χ4n) is 1.63. The standard InChI is InChI=1S/C15H20N2O4S/c1-10(21-14(19)8-9-16-11(2)18)15(20)17-12-6-4-5-7-13(12)22-3/h4-7,10H,8-9H2,1-3H3,(H,16,18)(H,17,20)/t10-/m1/s1. The smallest absolute Gasteiger partial charge is 0.308 e. The van der Waals surface area contributed by atoms with Gasteiger partial charge in [0, 0.05) is 18.4 Å². The predicted molar refractivity (Wildman–Crippen MR) is 85.7 cm³/mol. The Labute approximate surface area is 134 Å². The van der Waals surface area contributed by atoms with Crippen molar-refractivity contribution in [3.05, 3.63) is 24.3 Å². The molecule has 22 heavy (non-hydrogen) atoms. The van der Waals surface area contributed by atoms with Crippen LogP contribution in [-0.2, 0) is 19.1 Å². The molecule has 120 valence electrons. The third kappa shape index (κ3) is 6.17. The number of carbonyl (C=O) groups is 3. The number of rotatable bonds is 7. The number of anilines is 1. The molecule has 0 unspecified atom stereocenters. The molecule has 0 aliphatic carbocycles. The molecule has 0 radical (unpaired) electrons. The molecule has 0 aliphatic heterocycles. The summed E-state index contributed by atoms with van der Waals surface area (Å²) in [5.74, 6) is -1.14. The molecule has 6 nitrogen and oxygen atoms in total. The summed E-state index contributed by atoms with van der Waals surface area (Å²) < 4.78 is 5.03. The molecule has 7 heteroatoms. The Bertz CT molecular complexity index is 548. The van der Waals surface area contributed by atoms with Crippen LogP contribution < -0.4 is 10.6 Å². The maximum atomic E-state index is 12.0. The number of esters is 1. The van der Waals surface area contributed by atoms with Crippen LogP contribution in [0, 0.1) is 0 Å². The van der Waals surface area contributed by atoms with Crippen LogP contribution in [0.15, 0.2) is 29.2 Å². The highest BCUT2D eigenvalue weighted by Crippen LogP contribution is 2.24. The van der Waals surface area contributed by atoms with Gasteiger partial charge in [-0.25, -0.2) is 0 Å². The third-order valence-corrected chi connectivity index (χ3v) is 3.54. The van der Waals surface area contributed by atoms with Crippen LogP contribution in [0.4, 0.5) is 5.69 Å². The third-order valence-electron chi connectivity index (χ3n) is 2.75. The van der Waals surface area contributed by atoms with Crippen molar-refractivity contribution in [3.63, 3.8) is 0 Å². The Hall–Kier alpha value is -2.02. The van der Waals surface area contributed by atoms with Crippen LogP contribution in [0.1, 0.15) is 20.3 Å². The summed E-state index contributed by atoms with van der Waals surface area (Å²) in [4.78, 5) is 35.2. The first-order chi connectivity index (χ1) is 10.4. The lowest BCUT2D eigenvalue weighted by atomic mass is 10.3. The van der Waals surface area contributed by atoms with Crippen LogP contribution in [0.2, 0.25) is 0 Å². The van der Waals surface area contributed by atoms with E-state index in [1.165, 1.54) is 25.6 Å². The largest absolute Gasteiger partial charge is 0.452 e. The van der Waals surface area contributed by atoms with Gasteiger partial charge in [-0.3, -0.25) is 14.4 Å². The first kappa shape index (κ1) is 18.0. The molecule has 0 fully saturated rings. The van der Waals surface area contributed by atoms with Crippen molar-refractivity contribution in [2.75, 3.05) is 18.1 Å². The zero-order valence-corrected chi connectivity index (χ0v) is 13.7. The monoisotopic (exact) mass is 324 g/mol. The summed E-state index contributed by atoms with van der Waals surface area (Å²) in [6.45, 7) is 3.07. The minimum absolute atomic E-state index is 0.0264. The van der Waals surface area contributed by atoms with Gasteiger partial charge in [-0.05, 0) is 25.3 Å². The number of carbonyl (C=O) groups excluding carboxylic acids is 3. The Morgan fingerprint density at radius 1 is 1.27 bits per heavy atom. The molecular formula is C15H20N2O4S. The highest BCUT2D eigenvalue weighted by Gasteiger charge is 2.18. The number of hydrogen-bond acceptors (Lipinski definition) is 5. The zero-order chi connectivity index (χ0) is 16.5. The summed E-state index contributed by atoms with van der Waals surface area (Å²) in [7, 11) is 0. The van der Waals surface area contributed by atoms with Gasteiger partial charge in [-0.15, -0.1) is 11.8 Å². The minimum Gasteiger partial charge on any atom is -0.452 e. The van der Waals surface area contributed by atoms with E-state index in [-0.39, 0.29) is 18.9 Å². The van der Waals surface area contributed by atoms with Gasteiger partial charge in [0.15, 0.2) is 6.10 Å². The second-order valence-corrected chi connectivity index (χ2v) is 5.40. The van der Waals surface area contributed by atoms with Crippen molar-refractivity contribution in [2.24, 2.45) is 0 Å². The van der Waals surface area contributed by atoms with E-state index in [1.54, 1.807) is 6.07 Å². The van der Waals surface area contributed by atoms with Crippen LogP contribution in [0.5, 0.6) is 0 Å². The molecule has 2 N–H and O–H groups in total. The number of para-hydroxylation sites is 1. The van der Waals surface area contributed by atoms with E-state index in [4.69, 9.17) is 4.74 Å². The zero-order valence-electron chi connectivity index (χ0n) is 12.8. The lowest BCUT2D eigenvalue weighted by Crippen LogP contribution is -2.31. The van der Waals surface area contributed by atoms with Crippen LogP contribution in [-0.4, -0.2) is 36.7 Å². The molecule has 0 saturated heterocycles. The van der Waals surface area contributed by atoms with E-state index in [0.29, 0.717) is 5.69 Å². The van der Waals surface area contributed by atoms with E-state index in [1.807, 2.05) is 24.5 Å². The highest BCUT2D eigenvalue weighted by atomic mass is 32.2. The minimum atomic E-state index is -0.903. The number of hydrogen-bond donors (Lipinski definition) is 2. The summed E-state index contributed by atoms with van der Waals surface area (Å²) in [6.07, 6.45) is 1.04. The predicted octanol–water partition coefficient (Wildman–Crippen LogP) is 1.80. The number of benzene rings is 1. The summed E-state index contributed by atoms with van der Waals surface area (Å²) in [5.41, 5.74) is 0.682. The molecule has 0 heterocycles. The van der Waals surface area contributed by atoms with E-state index in [2.05, 4.69) is 10.6 Å². The summed E-state index contributed by atoms with van der Waals surface area (Å²) >= 11 is 1.51. The lowest BCUT2D eigenvalue weighted by molar-refractivity contribution is -0.153. The second kappa shape index (κ2) is 9.09. The molecule has 1 aromatic rings. The molecule has 0 spiro atoms. The second-order valence-electron chi connectivity index (χ2n) is 4.55. The molecule has 1 atom stereocenters. The quantitative estimate of drug-likeness (QED) is 0.590. The van der Waals surface area contributed by atoms with Gasteiger partial charge in [0.05, 0.1) is 12.1 Å². The van der Waals surface area contributed by atoms with E-state index in [0.717, 1.165) is 4.90 Å². The molecule has 0 bridgehead atoms. The molecule has 0 aromatic heterocycles. The molecule has 1 rings (SSSR count). The summed E-state index contributed by atoms with van der Waals surface area (Å²) in [6, 6.07) is 7.38. The Morgan fingerprint density at radius 3 is 2.59 bits per heavy atom. The van der Waals surface area contributed by atoms with Gasteiger partial charge in [0.25, 0.3) is 5.91 Å². The topological polar surface area (TPSA) is 84.5 Å². The average molecular weight is 324 g/mol. The number of amides is 2. The van der Waals surface area contributed by atoms with Gasteiger partial charge in [0.2, 0.25) is 5.91 Å². The normalized spacial score (nSPS) is 11.4. The van der Waals surface area contributed by atoms with E-state index < -0.39 is 18.0 Å². The van der Waals surface area contributed by atoms with E-state index in [9.17, 15) is 14.4 Å². The first-order valence-electron chi connectivity index (χ1n) is 6.82. The van der Waals surface area contributed by atoms with Crippen molar-refractivity contribution in [1.29, 1.82) is 0 Å². The van der Waals surface area contributed by atoms with Crippen molar-refractivity contribution in [1.82, 2.24) is 5.32 Å². The first-order valence-corrected chi connectivity index (χ1v) is 8.04. The Kier molecular flexibility index (Phi) is 7.45. The van der Waals surface area contributed by atoms with Gasteiger partial charge in [-0.1, -0.05) is 12.1 Å². The molecule has 0 aliphatic rings. The molecule has 1 aromatic carbocycles. The van der Waals surface area contributed by atoms with Crippen LogP contribution >= 0.6 is 11.8 Å². The van der Waals surface area contributed by atoms with Crippen LogP contribution in [0.25, 0.3) is 0 Å². The van der Waals surface area contributed by atoms with Crippen molar-refractivity contribution >= 4 is 35.2 Å². The van der Waals surface area contributed by atoms with Gasteiger partial charge >= 0.3 is 5.97 Å². The average Bonchev–Trinajstić information content (AvgIpc) is 2.47. The van der Waals surface area contributed by atoms with Crippen molar-refractivity contribution in [2.45, 2.75) is 31.3 Å². The maximum absolute atomic E-state index is 12.0. The van der Waals surface area contributed by atoms with Crippen molar-refractivity contribution in [3.8, 4) is 0 Å². The van der Waals surface area contributed by atoms with Gasteiger partial charge in [0.1, 0.15) is 0 Å². The summed E-state index contributed by atoms with van der Waals surface area (Å²) in [5, 5.41) is 5.22. The number of ether oxygens (including phenoxy) is 1. The number of nitrogens with one attached hydrogen (secondary N) is 2. The fraction of sp³-hybridized carbons (Fsp3) is 0.400. The highest BCUT2D eigenvalue weighted by molar-refractivity contribution is 7.98. The van der Waals surface area contributed by atoms with E-state index >= 15 is 0 Å².